The van der Waals surface area contributed by atoms with Crippen LogP contribution in [0.3, 0.4) is 0 Å². The Morgan fingerprint density at radius 1 is 0.962 bits per heavy atom. The van der Waals surface area contributed by atoms with Gasteiger partial charge < -0.3 is 5.32 Å². The summed E-state index contributed by atoms with van der Waals surface area (Å²) in [6.07, 6.45) is 8.71. The van der Waals surface area contributed by atoms with E-state index in [2.05, 4.69) is 5.32 Å². The second-order valence-corrected chi connectivity index (χ2v) is 10.1. The molecule has 1 heterocycles. The molecule has 5 nitrogen and oxygen atoms in total. The fourth-order valence-corrected chi connectivity index (χ4v) is 6.46. The minimum Gasteiger partial charge on any atom is -0.326 e. The van der Waals surface area contributed by atoms with Crippen molar-refractivity contribution in [2.45, 2.75) is 56.3 Å². The summed E-state index contributed by atoms with van der Waals surface area (Å²) < 4.78 is 27.2. The highest BCUT2D eigenvalue weighted by molar-refractivity contribution is 7.89. The van der Waals surface area contributed by atoms with Crippen LogP contribution in [0, 0.1) is 17.8 Å². The Hall–Kier alpha value is -1.40. The van der Waals surface area contributed by atoms with Crippen LogP contribution in [0.15, 0.2) is 29.2 Å². The monoisotopic (exact) mass is 376 g/mol. The number of sulfonamides is 1. The van der Waals surface area contributed by atoms with Crippen LogP contribution < -0.4 is 5.32 Å². The molecular weight excluding hydrogens is 348 g/mol. The minimum absolute atomic E-state index is 0.0975. The van der Waals surface area contributed by atoms with Crippen molar-refractivity contribution in [3.05, 3.63) is 24.3 Å². The molecule has 6 heteroatoms. The average molecular weight is 377 g/mol. The Kier molecular flexibility index (Phi) is 5.06. The molecule has 1 N–H and O–H groups in total. The maximum absolute atomic E-state index is 12.8. The number of hydrogen-bond acceptors (Lipinski definition) is 3. The van der Waals surface area contributed by atoms with E-state index in [4.69, 9.17) is 0 Å². The zero-order valence-corrected chi connectivity index (χ0v) is 16.0. The Morgan fingerprint density at radius 3 is 2.23 bits per heavy atom. The lowest BCUT2D eigenvalue weighted by Crippen LogP contribution is -2.32. The number of hydrogen-bond donors (Lipinski definition) is 1. The molecule has 3 fully saturated rings. The van der Waals surface area contributed by atoms with E-state index in [1.807, 2.05) is 0 Å². The number of nitrogens with one attached hydrogen (secondary N) is 1. The van der Waals surface area contributed by atoms with E-state index in [0.717, 1.165) is 38.0 Å². The van der Waals surface area contributed by atoms with Crippen LogP contribution >= 0.6 is 0 Å². The van der Waals surface area contributed by atoms with Crippen LogP contribution in [-0.2, 0) is 14.8 Å². The molecule has 3 aliphatic rings. The predicted molar refractivity (Wildman–Crippen MR) is 101 cm³/mol. The summed E-state index contributed by atoms with van der Waals surface area (Å²) in [4.78, 5) is 12.9. The maximum Gasteiger partial charge on any atom is 0.243 e. The molecule has 2 bridgehead atoms. The molecule has 0 radical (unpaired) electrons. The number of rotatable bonds is 4. The van der Waals surface area contributed by atoms with E-state index < -0.39 is 10.0 Å². The quantitative estimate of drug-likeness (QED) is 0.873. The van der Waals surface area contributed by atoms with Gasteiger partial charge in [0, 0.05) is 24.7 Å². The second kappa shape index (κ2) is 7.31. The molecule has 1 saturated heterocycles. The highest BCUT2D eigenvalue weighted by Crippen LogP contribution is 2.48. The third kappa shape index (κ3) is 3.54. The molecule has 3 unspecified atom stereocenters. The molecule has 26 heavy (non-hydrogen) atoms. The van der Waals surface area contributed by atoms with Crippen LogP contribution in [0.2, 0.25) is 0 Å². The molecule has 1 aromatic rings. The number of amides is 1. The van der Waals surface area contributed by atoms with Crippen LogP contribution in [0.25, 0.3) is 0 Å². The first-order chi connectivity index (χ1) is 12.5. The molecule has 0 aromatic heterocycles. The standard InChI is InChI=1S/C20H28N2O3S/c23-20(19-14-15-5-6-16(19)13-15)21-17-7-9-18(10-8-17)26(24,25)22-11-3-1-2-4-12-22/h7-10,15-16,19H,1-6,11-14H2,(H,21,23). The van der Waals surface area contributed by atoms with Crippen molar-refractivity contribution >= 4 is 21.6 Å². The van der Waals surface area contributed by atoms with Crippen molar-refractivity contribution in [2.24, 2.45) is 17.8 Å². The molecule has 4 rings (SSSR count). The molecule has 3 atom stereocenters. The highest BCUT2D eigenvalue weighted by Gasteiger charge is 2.43. The van der Waals surface area contributed by atoms with Gasteiger partial charge in [0.1, 0.15) is 0 Å². The minimum atomic E-state index is -3.43. The molecule has 1 aliphatic heterocycles. The Labute approximate surface area is 156 Å². The average Bonchev–Trinajstić information content (AvgIpc) is 3.16. The van der Waals surface area contributed by atoms with Crippen molar-refractivity contribution in [3.8, 4) is 0 Å². The third-order valence-electron chi connectivity index (χ3n) is 6.40. The van der Waals surface area contributed by atoms with Gasteiger partial charge in [-0.15, -0.1) is 0 Å². The number of benzene rings is 1. The second-order valence-electron chi connectivity index (χ2n) is 8.11. The predicted octanol–water partition coefficient (Wildman–Crippen LogP) is 3.63. The van der Waals surface area contributed by atoms with Crippen LogP contribution in [-0.4, -0.2) is 31.7 Å². The molecule has 142 valence electrons. The number of anilines is 1. The summed E-state index contributed by atoms with van der Waals surface area (Å²) in [5.41, 5.74) is 0.688. The smallest absolute Gasteiger partial charge is 0.243 e. The van der Waals surface area contributed by atoms with Gasteiger partial charge in [0.05, 0.1) is 4.90 Å². The summed E-state index contributed by atoms with van der Waals surface area (Å²) in [6, 6.07) is 6.68. The molecule has 2 saturated carbocycles. The van der Waals surface area contributed by atoms with Gasteiger partial charge in [0.15, 0.2) is 0 Å². The summed E-state index contributed by atoms with van der Waals surface area (Å²) >= 11 is 0. The van der Waals surface area contributed by atoms with E-state index in [9.17, 15) is 13.2 Å². The van der Waals surface area contributed by atoms with Crippen molar-refractivity contribution in [2.75, 3.05) is 18.4 Å². The number of carbonyl (C=O) groups excluding carboxylic acids is 1. The van der Waals surface area contributed by atoms with Crippen molar-refractivity contribution in [1.82, 2.24) is 4.31 Å². The van der Waals surface area contributed by atoms with Crippen LogP contribution in [0.1, 0.15) is 51.4 Å². The van der Waals surface area contributed by atoms with Gasteiger partial charge in [-0.05, 0) is 68.2 Å². The molecule has 2 aliphatic carbocycles. The van der Waals surface area contributed by atoms with Crippen molar-refractivity contribution < 1.29 is 13.2 Å². The van der Waals surface area contributed by atoms with Gasteiger partial charge in [0.2, 0.25) is 15.9 Å². The summed E-state index contributed by atoms with van der Waals surface area (Å²) in [5, 5.41) is 2.99. The fraction of sp³-hybridized carbons (Fsp3) is 0.650. The van der Waals surface area contributed by atoms with Gasteiger partial charge in [-0.2, -0.15) is 4.31 Å². The van der Waals surface area contributed by atoms with E-state index in [-0.39, 0.29) is 11.8 Å². The number of fused-ring (bicyclic) bond motifs is 2. The lowest BCUT2D eigenvalue weighted by atomic mass is 9.88. The maximum atomic E-state index is 12.8. The molecule has 1 aromatic carbocycles. The van der Waals surface area contributed by atoms with E-state index >= 15 is 0 Å². The number of carbonyl (C=O) groups is 1. The fourth-order valence-electron chi connectivity index (χ4n) is 4.94. The first-order valence-corrected chi connectivity index (χ1v) is 11.4. The zero-order valence-electron chi connectivity index (χ0n) is 15.2. The Balaban J connectivity index is 1.42. The van der Waals surface area contributed by atoms with Gasteiger partial charge in [-0.1, -0.05) is 19.3 Å². The topological polar surface area (TPSA) is 66.5 Å². The van der Waals surface area contributed by atoms with Gasteiger partial charge in [-0.25, -0.2) is 8.42 Å². The largest absolute Gasteiger partial charge is 0.326 e. The summed E-state index contributed by atoms with van der Waals surface area (Å²) in [7, 11) is -3.43. The lowest BCUT2D eigenvalue weighted by molar-refractivity contribution is -0.121. The van der Waals surface area contributed by atoms with E-state index in [0.29, 0.717) is 29.6 Å². The number of nitrogens with zero attached hydrogens (tertiary/aromatic N) is 1. The molecule has 1 amide bonds. The zero-order chi connectivity index (χ0) is 18.1. The first-order valence-electron chi connectivity index (χ1n) is 9.95. The summed E-state index contributed by atoms with van der Waals surface area (Å²) in [6.45, 7) is 1.20. The van der Waals surface area contributed by atoms with E-state index in [1.54, 1.807) is 28.6 Å². The normalized spacial score (nSPS) is 29.5. The Morgan fingerprint density at radius 2 is 1.65 bits per heavy atom. The lowest BCUT2D eigenvalue weighted by Gasteiger charge is -2.21. The van der Waals surface area contributed by atoms with Gasteiger partial charge >= 0.3 is 0 Å². The molecule has 0 spiro atoms. The van der Waals surface area contributed by atoms with Gasteiger partial charge in [-0.3, -0.25) is 4.79 Å². The van der Waals surface area contributed by atoms with Crippen molar-refractivity contribution in [3.63, 3.8) is 0 Å². The SMILES string of the molecule is O=C(Nc1ccc(S(=O)(=O)N2CCCCCC2)cc1)C1CC2CCC1C2. The van der Waals surface area contributed by atoms with Crippen LogP contribution in [0.5, 0.6) is 0 Å². The van der Waals surface area contributed by atoms with Crippen molar-refractivity contribution in [1.29, 1.82) is 0 Å². The van der Waals surface area contributed by atoms with Crippen LogP contribution in [0.4, 0.5) is 5.69 Å². The summed E-state index contributed by atoms with van der Waals surface area (Å²) in [5.74, 6) is 1.51. The molecular formula is C20H28N2O3S. The van der Waals surface area contributed by atoms with Gasteiger partial charge in [0.25, 0.3) is 0 Å². The third-order valence-corrected chi connectivity index (χ3v) is 8.31. The first kappa shape index (κ1) is 18.0. The van der Waals surface area contributed by atoms with E-state index in [1.165, 1.54) is 19.3 Å². The Bertz CT molecular complexity index is 752. The highest BCUT2D eigenvalue weighted by atomic mass is 32.2.